The van der Waals surface area contributed by atoms with Gasteiger partial charge in [-0.05, 0) is 55.5 Å². The molecule has 2 heteroatoms. The summed E-state index contributed by atoms with van der Waals surface area (Å²) in [5, 5.41) is 3.22. The van der Waals surface area contributed by atoms with Crippen LogP contribution in [0.15, 0.2) is 0 Å². The van der Waals surface area contributed by atoms with Crippen LogP contribution in [0.5, 0.6) is 0 Å². The first kappa shape index (κ1) is 13.4. The molecule has 2 rings (SSSR count). The van der Waals surface area contributed by atoms with Gasteiger partial charge in [-0.1, -0.05) is 27.7 Å². The molecule has 0 saturated heterocycles. The molecule has 2 saturated carbocycles. The Balaban J connectivity index is 1.92. The molecule has 2 aliphatic rings. The normalized spacial score (nSPS) is 40.8. The molecule has 2 bridgehead atoms. The minimum absolute atomic E-state index is 0.414. The molecule has 2 nitrogen and oxygen atoms in total. The van der Waals surface area contributed by atoms with Crippen LogP contribution in [0, 0.1) is 22.7 Å². The van der Waals surface area contributed by atoms with Gasteiger partial charge in [-0.3, -0.25) is 0 Å². The second-order valence-electron chi connectivity index (χ2n) is 7.10. The van der Waals surface area contributed by atoms with Crippen molar-refractivity contribution in [2.45, 2.75) is 53.1 Å². The molecule has 17 heavy (non-hydrogen) atoms. The molecule has 4 unspecified atom stereocenters. The lowest BCUT2D eigenvalue weighted by Gasteiger charge is -2.39. The van der Waals surface area contributed by atoms with Crippen molar-refractivity contribution < 1.29 is 4.74 Å². The van der Waals surface area contributed by atoms with E-state index in [4.69, 9.17) is 4.74 Å². The van der Waals surface area contributed by atoms with Gasteiger partial charge in [-0.15, -0.1) is 0 Å². The predicted octanol–water partition coefficient (Wildman–Crippen LogP) is 3.07. The Morgan fingerprint density at radius 2 is 2.06 bits per heavy atom. The van der Waals surface area contributed by atoms with Crippen molar-refractivity contribution >= 4 is 0 Å². The van der Waals surface area contributed by atoms with E-state index in [9.17, 15) is 0 Å². The highest BCUT2D eigenvalue weighted by Crippen LogP contribution is 2.66. The number of fused-ring (bicyclic) bond motifs is 2. The van der Waals surface area contributed by atoms with Crippen LogP contribution in [-0.4, -0.2) is 26.3 Å². The summed E-state index contributed by atoms with van der Waals surface area (Å²) in [7, 11) is 2.01. The smallest absolute Gasteiger partial charge is 0.0636 e. The fourth-order valence-corrected chi connectivity index (χ4v) is 4.07. The van der Waals surface area contributed by atoms with Crippen LogP contribution in [0.2, 0.25) is 0 Å². The quantitative estimate of drug-likeness (QED) is 0.796. The van der Waals surface area contributed by atoms with Crippen molar-refractivity contribution in [2.24, 2.45) is 22.7 Å². The van der Waals surface area contributed by atoms with Crippen molar-refractivity contribution in [3.05, 3.63) is 0 Å². The molecule has 4 atom stereocenters. The van der Waals surface area contributed by atoms with Gasteiger partial charge in [0, 0.05) is 0 Å². The topological polar surface area (TPSA) is 21.3 Å². The van der Waals surface area contributed by atoms with Gasteiger partial charge < -0.3 is 10.1 Å². The Kier molecular flexibility index (Phi) is 3.57. The van der Waals surface area contributed by atoms with E-state index in [1.807, 2.05) is 7.05 Å². The van der Waals surface area contributed by atoms with Crippen molar-refractivity contribution in [1.29, 1.82) is 0 Å². The molecule has 0 aromatic carbocycles. The fourth-order valence-electron chi connectivity index (χ4n) is 4.07. The van der Waals surface area contributed by atoms with Crippen molar-refractivity contribution in [3.8, 4) is 0 Å². The SMILES string of the molecule is CNCC(C)COC1CC2CCC1(C)C2(C)C. The van der Waals surface area contributed by atoms with Crippen LogP contribution < -0.4 is 5.32 Å². The molecule has 2 aliphatic carbocycles. The van der Waals surface area contributed by atoms with Gasteiger partial charge in [-0.2, -0.15) is 0 Å². The molecule has 0 heterocycles. The lowest BCUT2D eigenvalue weighted by atomic mass is 9.70. The maximum Gasteiger partial charge on any atom is 0.0636 e. The third kappa shape index (κ3) is 2.04. The number of rotatable bonds is 5. The zero-order chi connectivity index (χ0) is 12.7. The summed E-state index contributed by atoms with van der Waals surface area (Å²) in [6, 6.07) is 0. The van der Waals surface area contributed by atoms with Crippen LogP contribution in [0.4, 0.5) is 0 Å². The van der Waals surface area contributed by atoms with Gasteiger partial charge in [-0.25, -0.2) is 0 Å². The molecule has 100 valence electrons. The molecule has 1 N–H and O–H groups in total. The number of nitrogens with one attached hydrogen (secondary N) is 1. The van der Waals surface area contributed by atoms with Crippen LogP contribution in [0.1, 0.15) is 47.0 Å². The minimum Gasteiger partial charge on any atom is -0.377 e. The molecule has 0 aromatic heterocycles. The summed E-state index contributed by atoms with van der Waals surface area (Å²) >= 11 is 0. The van der Waals surface area contributed by atoms with Crippen LogP contribution >= 0.6 is 0 Å². The first-order valence-electron chi connectivity index (χ1n) is 7.18. The Labute approximate surface area is 107 Å². The highest BCUT2D eigenvalue weighted by atomic mass is 16.5. The first-order chi connectivity index (χ1) is 7.91. The van der Waals surface area contributed by atoms with E-state index in [0.29, 0.717) is 22.9 Å². The minimum atomic E-state index is 0.414. The van der Waals surface area contributed by atoms with Gasteiger partial charge in [0.15, 0.2) is 0 Å². The van der Waals surface area contributed by atoms with E-state index in [1.54, 1.807) is 0 Å². The van der Waals surface area contributed by atoms with E-state index in [0.717, 1.165) is 19.1 Å². The van der Waals surface area contributed by atoms with Gasteiger partial charge in [0.2, 0.25) is 0 Å². The predicted molar refractivity (Wildman–Crippen MR) is 72.1 cm³/mol. The third-order valence-corrected chi connectivity index (χ3v) is 5.85. The summed E-state index contributed by atoms with van der Waals surface area (Å²) in [5.41, 5.74) is 0.890. The maximum absolute atomic E-state index is 6.25. The average Bonchev–Trinajstić information content (AvgIpc) is 2.59. The van der Waals surface area contributed by atoms with Gasteiger partial charge in [0.05, 0.1) is 12.7 Å². The van der Waals surface area contributed by atoms with E-state index in [1.165, 1.54) is 19.3 Å². The zero-order valence-electron chi connectivity index (χ0n) is 12.2. The second kappa shape index (κ2) is 4.55. The van der Waals surface area contributed by atoms with Crippen LogP contribution in [-0.2, 0) is 4.74 Å². The van der Waals surface area contributed by atoms with E-state index >= 15 is 0 Å². The summed E-state index contributed by atoms with van der Waals surface area (Å²) in [6.45, 7) is 11.6. The van der Waals surface area contributed by atoms with Gasteiger partial charge >= 0.3 is 0 Å². The third-order valence-electron chi connectivity index (χ3n) is 5.85. The van der Waals surface area contributed by atoms with Crippen LogP contribution in [0.3, 0.4) is 0 Å². The maximum atomic E-state index is 6.25. The van der Waals surface area contributed by atoms with E-state index in [2.05, 4.69) is 33.0 Å². The van der Waals surface area contributed by atoms with E-state index < -0.39 is 0 Å². The number of hydrogen-bond acceptors (Lipinski definition) is 2. The number of hydrogen-bond donors (Lipinski definition) is 1. The summed E-state index contributed by atoms with van der Waals surface area (Å²) in [6.07, 6.45) is 4.55. The molecular weight excluding hydrogens is 210 g/mol. The fraction of sp³-hybridized carbons (Fsp3) is 1.00. The molecule has 2 fully saturated rings. The summed E-state index contributed by atoms with van der Waals surface area (Å²) in [4.78, 5) is 0. The van der Waals surface area contributed by atoms with Crippen molar-refractivity contribution in [1.82, 2.24) is 5.32 Å². The highest BCUT2D eigenvalue weighted by Gasteiger charge is 2.61. The summed E-state index contributed by atoms with van der Waals surface area (Å²) in [5.74, 6) is 1.50. The average molecular weight is 239 g/mol. The highest BCUT2D eigenvalue weighted by molar-refractivity contribution is 5.11. The lowest BCUT2D eigenvalue weighted by molar-refractivity contribution is -0.0565. The van der Waals surface area contributed by atoms with Gasteiger partial charge in [0.25, 0.3) is 0 Å². The molecular formula is C15H29NO. The van der Waals surface area contributed by atoms with Crippen molar-refractivity contribution in [2.75, 3.05) is 20.2 Å². The largest absolute Gasteiger partial charge is 0.377 e. The molecule has 0 amide bonds. The second-order valence-corrected chi connectivity index (χ2v) is 7.10. The first-order valence-corrected chi connectivity index (χ1v) is 7.18. The number of ether oxygens (including phenoxy) is 1. The monoisotopic (exact) mass is 239 g/mol. The standard InChI is InChI=1S/C15H29NO/c1-11(9-16-5)10-17-13-8-12-6-7-15(13,4)14(12,2)3/h11-13,16H,6-10H2,1-5H3. The van der Waals surface area contributed by atoms with Gasteiger partial charge in [0.1, 0.15) is 0 Å². The van der Waals surface area contributed by atoms with E-state index in [-0.39, 0.29) is 0 Å². The van der Waals surface area contributed by atoms with Crippen LogP contribution in [0.25, 0.3) is 0 Å². The lowest BCUT2D eigenvalue weighted by Crippen LogP contribution is -2.38. The van der Waals surface area contributed by atoms with Crippen molar-refractivity contribution in [3.63, 3.8) is 0 Å². The molecule has 0 aliphatic heterocycles. The molecule has 0 aromatic rings. The summed E-state index contributed by atoms with van der Waals surface area (Å²) < 4.78 is 6.25. The Hall–Kier alpha value is -0.0800. The zero-order valence-corrected chi connectivity index (χ0v) is 12.2. The molecule has 0 radical (unpaired) electrons. The Morgan fingerprint density at radius 3 is 2.53 bits per heavy atom. The Morgan fingerprint density at radius 1 is 1.35 bits per heavy atom. The molecule has 0 spiro atoms. The Bertz CT molecular complexity index is 276.